The van der Waals surface area contributed by atoms with E-state index in [0.29, 0.717) is 5.69 Å². The van der Waals surface area contributed by atoms with Crippen molar-refractivity contribution in [3.8, 4) is 0 Å². The third kappa shape index (κ3) is 3.16. The summed E-state index contributed by atoms with van der Waals surface area (Å²) in [7, 11) is 0. The smallest absolute Gasteiger partial charge is 0.130 e. The average Bonchev–Trinajstić information content (AvgIpc) is 3.03. The normalized spacial score (nSPS) is 12.1. The van der Waals surface area contributed by atoms with Crippen LogP contribution in [-0.2, 0) is 0 Å². The number of hydrogen-bond donors (Lipinski definition) is 1. The van der Waals surface area contributed by atoms with Gasteiger partial charge in [0.05, 0.1) is 12.0 Å². The molecular formula is C17H13BrFNO. The molecule has 0 amide bonds. The standard InChI is InChI=1S/C17H13BrFNO/c18-14-9-8-13(19)11-15(14)20-17(16-7-4-10-21-16)12-5-2-1-3-6-12/h1-11,17,20H. The number of furan rings is 1. The Morgan fingerprint density at radius 1 is 1.00 bits per heavy atom. The van der Waals surface area contributed by atoms with Crippen LogP contribution in [0.15, 0.2) is 75.8 Å². The molecule has 0 aliphatic carbocycles. The Labute approximate surface area is 130 Å². The predicted molar refractivity (Wildman–Crippen MR) is 84.7 cm³/mol. The second-order valence-electron chi connectivity index (χ2n) is 4.63. The molecule has 106 valence electrons. The fourth-order valence-electron chi connectivity index (χ4n) is 2.18. The summed E-state index contributed by atoms with van der Waals surface area (Å²) in [6, 6.07) is 18.0. The van der Waals surface area contributed by atoms with Crippen molar-refractivity contribution in [2.75, 3.05) is 5.32 Å². The van der Waals surface area contributed by atoms with Gasteiger partial charge in [0, 0.05) is 4.47 Å². The lowest BCUT2D eigenvalue weighted by molar-refractivity contribution is 0.499. The van der Waals surface area contributed by atoms with Crippen LogP contribution in [0, 0.1) is 5.82 Å². The summed E-state index contributed by atoms with van der Waals surface area (Å²) in [5.74, 6) is 0.490. The van der Waals surface area contributed by atoms with Crippen LogP contribution in [-0.4, -0.2) is 0 Å². The lowest BCUT2D eigenvalue weighted by atomic mass is 10.0. The van der Waals surface area contributed by atoms with E-state index in [-0.39, 0.29) is 11.9 Å². The quantitative estimate of drug-likeness (QED) is 0.686. The SMILES string of the molecule is Fc1ccc(Br)c(NC(c2ccccc2)c2ccco2)c1. The molecule has 1 unspecified atom stereocenters. The maximum Gasteiger partial charge on any atom is 0.130 e. The Balaban J connectivity index is 1.99. The Bertz CT molecular complexity index is 713. The van der Waals surface area contributed by atoms with Crippen LogP contribution in [0.25, 0.3) is 0 Å². The van der Waals surface area contributed by atoms with Crippen LogP contribution in [0.5, 0.6) is 0 Å². The van der Waals surface area contributed by atoms with E-state index in [1.54, 1.807) is 12.3 Å². The topological polar surface area (TPSA) is 25.2 Å². The van der Waals surface area contributed by atoms with Crippen LogP contribution in [0.3, 0.4) is 0 Å². The van der Waals surface area contributed by atoms with Gasteiger partial charge in [-0.3, -0.25) is 0 Å². The summed E-state index contributed by atoms with van der Waals surface area (Å²) in [4.78, 5) is 0. The van der Waals surface area contributed by atoms with Crippen molar-refractivity contribution in [3.63, 3.8) is 0 Å². The molecule has 1 atom stereocenters. The molecule has 1 N–H and O–H groups in total. The first-order chi connectivity index (χ1) is 10.2. The van der Waals surface area contributed by atoms with Gasteiger partial charge in [-0.25, -0.2) is 4.39 Å². The van der Waals surface area contributed by atoms with E-state index < -0.39 is 0 Å². The number of hydrogen-bond acceptors (Lipinski definition) is 2. The van der Waals surface area contributed by atoms with Gasteiger partial charge in [0.2, 0.25) is 0 Å². The lowest BCUT2D eigenvalue weighted by Crippen LogP contribution is -2.12. The second-order valence-corrected chi connectivity index (χ2v) is 5.48. The zero-order valence-electron chi connectivity index (χ0n) is 11.1. The number of halogens is 2. The highest BCUT2D eigenvalue weighted by Gasteiger charge is 2.17. The van der Waals surface area contributed by atoms with Crippen LogP contribution in [0.4, 0.5) is 10.1 Å². The minimum Gasteiger partial charge on any atom is -0.467 e. The summed E-state index contributed by atoms with van der Waals surface area (Å²) in [6.07, 6.45) is 1.63. The Kier molecular flexibility index (Phi) is 4.06. The molecule has 1 aromatic heterocycles. The van der Waals surface area contributed by atoms with E-state index in [1.807, 2.05) is 42.5 Å². The Hall–Kier alpha value is -2.07. The third-order valence-corrected chi connectivity index (χ3v) is 3.88. The number of nitrogens with one attached hydrogen (secondary N) is 1. The fourth-order valence-corrected chi connectivity index (χ4v) is 2.54. The second kappa shape index (κ2) is 6.14. The van der Waals surface area contributed by atoms with Crippen LogP contribution < -0.4 is 5.32 Å². The van der Waals surface area contributed by atoms with Gasteiger partial charge >= 0.3 is 0 Å². The maximum atomic E-state index is 13.5. The summed E-state index contributed by atoms with van der Waals surface area (Å²) in [5, 5.41) is 3.33. The molecule has 2 nitrogen and oxygen atoms in total. The minimum atomic E-state index is -0.285. The lowest BCUT2D eigenvalue weighted by Gasteiger charge is -2.19. The minimum absolute atomic E-state index is 0.181. The van der Waals surface area contributed by atoms with E-state index in [4.69, 9.17) is 4.42 Å². The first-order valence-corrected chi connectivity index (χ1v) is 7.33. The van der Waals surface area contributed by atoms with Crippen LogP contribution in [0.1, 0.15) is 17.4 Å². The van der Waals surface area contributed by atoms with Crippen molar-refractivity contribution in [1.29, 1.82) is 0 Å². The predicted octanol–water partition coefficient (Wildman–Crippen LogP) is 5.38. The Morgan fingerprint density at radius 3 is 2.52 bits per heavy atom. The van der Waals surface area contributed by atoms with Gasteiger partial charge in [0.1, 0.15) is 17.6 Å². The van der Waals surface area contributed by atoms with Gasteiger partial charge in [-0.2, -0.15) is 0 Å². The molecule has 2 aromatic carbocycles. The highest BCUT2D eigenvalue weighted by molar-refractivity contribution is 9.10. The van der Waals surface area contributed by atoms with Crippen molar-refractivity contribution < 1.29 is 8.81 Å². The highest BCUT2D eigenvalue weighted by Crippen LogP contribution is 2.31. The molecule has 0 aliphatic heterocycles. The van der Waals surface area contributed by atoms with Crippen molar-refractivity contribution in [1.82, 2.24) is 0 Å². The van der Waals surface area contributed by atoms with E-state index in [0.717, 1.165) is 15.8 Å². The van der Waals surface area contributed by atoms with Gasteiger partial charge in [-0.05, 0) is 51.8 Å². The summed E-state index contributed by atoms with van der Waals surface area (Å²) in [5.41, 5.74) is 1.73. The first kappa shape index (κ1) is 13.9. The average molecular weight is 346 g/mol. The Morgan fingerprint density at radius 2 is 1.81 bits per heavy atom. The number of anilines is 1. The molecule has 0 radical (unpaired) electrons. The zero-order chi connectivity index (χ0) is 14.7. The molecule has 1 heterocycles. The molecule has 0 saturated carbocycles. The van der Waals surface area contributed by atoms with Crippen molar-refractivity contribution in [3.05, 3.63) is 88.5 Å². The van der Waals surface area contributed by atoms with Gasteiger partial charge in [-0.15, -0.1) is 0 Å². The highest BCUT2D eigenvalue weighted by atomic mass is 79.9. The summed E-state index contributed by atoms with van der Waals surface area (Å²) < 4.78 is 19.8. The molecule has 3 rings (SSSR count). The van der Waals surface area contributed by atoms with Crippen molar-refractivity contribution >= 4 is 21.6 Å². The van der Waals surface area contributed by atoms with Crippen LogP contribution >= 0.6 is 15.9 Å². The zero-order valence-corrected chi connectivity index (χ0v) is 12.7. The van der Waals surface area contributed by atoms with Crippen molar-refractivity contribution in [2.45, 2.75) is 6.04 Å². The van der Waals surface area contributed by atoms with Gasteiger partial charge in [0.25, 0.3) is 0 Å². The van der Waals surface area contributed by atoms with E-state index in [1.165, 1.54) is 12.1 Å². The molecule has 0 fully saturated rings. The van der Waals surface area contributed by atoms with Crippen LogP contribution in [0.2, 0.25) is 0 Å². The molecule has 21 heavy (non-hydrogen) atoms. The number of rotatable bonds is 4. The van der Waals surface area contributed by atoms with Crippen molar-refractivity contribution in [2.24, 2.45) is 0 Å². The first-order valence-electron chi connectivity index (χ1n) is 6.54. The van der Waals surface area contributed by atoms with E-state index >= 15 is 0 Å². The molecular weight excluding hydrogens is 333 g/mol. The maximum absolute atomic E-state index is 13.5. The summed E-state index contributed by atoms with van der Waals surface area (Å²) in [6.45, 7) is 0. The molecule has 0 bridgehead atoms. The monoisotopic (exact) mass is 345 g/mol. The summed E-state index contributed by atoms with van der Waals surface area (Å²) >= 11 is 3.44. The van der Waals surface area contributed by atoms with Gasteiger partial charge in [-0.1, -0.05) is 30.3 Å². The van der Waals surface area contributed by atoms with Gasteiger partial charge in [0.15, 0.2) is 0 Å². The molecule has 4 heteroatoms. The largest absolute Gasteiger partial charge is 0.467 e. The van der Waals surface area contributed by atoms with E-state index in [2.05, 4.69) is 21.2 Å². The van der Waals surface area contributed by atoms with E-state index in [9.17, 15) is 4.39 Å². The third-order valence-electron chi connectivity index (χ3n) is 3.19. The molecule has 3 aromatic rings. The fraction of sp³-hybridized carbons (Fsp3) is 0.0588. The number of benzene rings is 2. The van der Waals surface area contributed by atoms with Gasteiger partial charge < -0.3 is 9.73 Å². The molecule has 0 spiro atoms. The molecule has 0 saturated heterocycles. The molecule has 0 aliphatic rings.